The summed E-state index contributed by atoms with van der Waals surface area (Å²) >= 11 is 1.96. The van der Waals surface area contributed by atoms with Gasteiger partial charge in [-0.05, 0) is 31.9 Å². The molecule has 0 saturated carbocycles. The maximum atomic E-state index is 8.67. The van der Waals surface area contributed by atoms with Gasteiger partial charge in [0.25, 0.3) is 0 Å². The molecule has 0 aliphatic carbocycles. The van der Waals surface area contributed by atoms with Crippen molar-refractivity contribution in [3.63, 3.8) is 0 Å². The van der Waals surface area contributed by atoms with E-state index in [1.165, 1.54) is 6.42 Å². The first-order valence-electron chi connectivity index (χ1n) is 4.83. The molecule has 0 spiro atoms. The lowest BCUT2D eigenvalue weighted by atomic mass is 10.0. The van der Waals surface area contributed by atoms with Crippen molar-refractivity contribution < 1.29 is 0 Å². The van der Waals surface area contributed by atoms with Gasteiger partial charge in [-0.25, -0.2) is 0 Å². The molecule has 2 unspecified atom stereocenters. The third kappa shape index (κ3) is 6.92. The Kier molecular flexibility index (Phi) is 6.19. The maximum absolute atomic E-state index is 8.67. The number of nitrogens with two attached hydrogens (primary N) is 1. The van der Waals surface area contributed by atoms with Crippen LogP contribution in [0.5, 0.6) is 0 Å². The third-order valence-electron chi connectivity index (χ3n) is 2.07. The molecule has 0 aliphatic heterocycles. The largest absolute Gasteiger partial charge is 0.314 e. The maximum Gasteiger partial charge on any atom is 0.101 e. The van der Waals surface area contributed by atoms with E-state index in [4.69, 9.17) is 11.0 Å². The number of rotatable bonds is 6. The standard InChI is InChI=1S/C10H20N2S/c1-4-9(2)13-7-5-6-10(3,12)8-11/h9H,4-7,12H2,1-3H3. The Morgan fingerprint density at radius 2 is 2.23 bits per heavy atom. The predicted molar refractivity (Wildman–Crippen MR) is 59.7 cm³/mol. The summed E-state index contributed by atoms with van der Waals surface area (Å²) in [5.41, 5.74) is 5.07. The lowest BCUT2D eigenvalue weighted by Crippen LogP contribution is -2.33. The fourth-order valence-corrected chi connectivity index (χ4v) is 1.85. The highest BCUT2D eigenvalue weighted by molar-refractivity contribution is 7.99. The number of nitriles is 1. The van der Waals surface area contributed by atoms with Gasteiger partial charge in [-0.2, -0.15) is 17.0 Å². The van der Waals surface area contributed by atoms with Crippen molar-refractivity contribution in [1.82, 2.24) is 0 Å². The smallest absolute Gasteiger partial charge is 0.101 e. The molecule has 0 rings (SSSR count). The van der Waals surface area contributed by atoms with Gasteiger partial charge in [-0.3, -0.25) is 0 Å². The average Bonchev–Trinajstić information content (AvgIpc) is 2.12. The molecule has 0 aromatic rings. The molecule has 0 fully saturated rings. The van der Waals surface area contributed by atoms with Crippen molar-refractivity contribution in [2.24, 2.45) is 5.73 Å². The molecule has 0 bridgehead atoms. The summed E-state index contributed by atoms with van der Waals surface area (Å²) in [6.45, 7) is 6.22. The van der Waals surface area contributed by atoms with Gasteiger partial charge in [0.1, 0.15) is 5.54 Å². The number of hydrogen-bond donors (Lipinski definition) is 1. The third-order valence-corrected chi connectivity index (χ3v) is 3.50. The van der Waals surface area contributed by atoms with E-state index in [1.54, 1.807) is 6.92 Å². The average molecular weight is 200 g/mol. The van der Waals surface area contributed by atoms with Crippen LogP contribution in [-0.4, -0.2) is 16.5 Å². The lowest BCUT2D eigenvalue weighted by Gasteiger charge is -2.15. The van der Waals surface area contributed by atoms with Crippen LogP contribution >= 0.6 is 11.8 Å². The lowest BCUT2D eigenvalue weighted by molar-refractivity contribution is 0.540. The molecule has 0 aliphatic rings. The number of nitrogens with zero attached hydrogens (tertiary/aromatic N) is 1. The molecule has 76 valence electrons. The highest BCUT2D eigenvalue weighted by atomic mass is 32.2. The molecular formula is C10H20N2S. The zero-order valence-corrected chi connectivity index (χ0v) is 9.66. The van der Waals surface area contributed by atoms with Gasteiger partial charge in [0.2, 0.25) is 0 Å². The molecule has 3 heteroatoms. The number of thioether (sulfide) groups is 1. The minimum absolute atomic E-state index is 0.629. The van der Waals surface area contributed by atoms with E-state index in [0.717, 1.165) is 23.8 Å². The molecule has 2 nitrogen and oxygen atoms in total. The molecular weight excluding hydrogens is 180 g/mol. The van der Waals surface area contributed by atoms with Gasteiger partial charge in [0, 0.05) is 5.25 Å². The van der Waals surface area contributed by atoms with Gasteiger partial charge in [0.05, 0.1) is 6.07 Å². The second-order valence-corrected chi connectivity index (χ2v) is 5.27. The first kappa shape index (κ1) is 12.8. The second kappa shape index (κ2) is 6.28. The Morgan fingerprint density at radius 1 is 1.62 bits per heavy atom. The highest BCUT2D eigenvalue weighted by Crippen LogP contribution is 2.17. The first-order valence-corrected chi connectivity index (χ1v) is 5.88. The van der Waals surface area contributed by atoms with E-state index in [9.17, 15) is 0 Å². The van der Waals surface area contributed by atoms with Crippen LogP contribution in [-0.2, 0) is 0 Å². The van der Waals surface area contributed by atoms with E-state index >= 15 is 0 Å². The summed E-state index contributed by atoms with van der Waals surface area (Å²) in [6, 6.07) is 2.11. The molecule has 0 aromatic heterocycles. The molecule has 2 atom stereocenters. The Hall–Kier alpha value is -0.200. The fourth-order valence-electron chi connectivity index (χ4n) is 0.898. The summed E-state index contributed by atoms with van der Waals surface area (Å²) in [6.07, 6.45) is 3.05. The van der Waals surface area contributed by atoms with Crippen molar-refractivity contribution in [1.29, 1.82) is 5.26 Å². The Bertz CT molecular complexity index is 172. The predicted octanol–water partition coefficient (Wildman–Crippen LogP) is 2.54. The Balaban J connectivity index is 3.42. The van der Waals surface area contributed by atoms with Crippen LogP contribution in [0.2, 0.25) is 0 Å². The van der Waals surface area contributed by atoms with E-state index in [2.05, 4.69) is 19.9 Å². The molecule has 0 saturated heterocycles. The van der Waals surface area contributed by atoms with Crippen LogP contribution in [0.3, 0.4) is 0 Å². The van der Waals surface area contributed by atoms with E-state index in [1.807, 2.05) is 11.8 Å². The van der Waals surface area contributed by atoms with Crippen LogP contribution in [0.15, 0.2) is 0 Å². The minimum atomic E-state index is -0.629. The van der Waals surface area contributed by atoms with Crippen LogP contribution in [0.25, 0.3) is 0 Å². The Morgan fingerprint density at radius 3 is 2.69 bits per heavy atom. The monoisotopic (exact) mass is 200 g/mol. The van der Waals surface area contributed by atoms with Gasteiger partial charge in [-0.15, -0.1) is 0 Å². The molecule has 13 heavy (non-hydrogen) atoms. The van der Waals surface area contributed by atoms with E-state index in [0.29, 0.717) is 0 Å². The van der Waals surface area contributed by atoms with Crippen LogP contribution in [0.4, 0.5) is 0 Å². The number of hydrogen-bond acceptors (Lipinski definition) is 3. The summed E-state index contributed by atoms with van der Waals surface area (Å²) in [7, 11) is 0. The highest BCUT2D eigenvalue weighted by Gasteiger charge is 2.15. The van der Waals surface area contributed by atoms with Gasteiger partial charge >= 0.3 is 0 Å². The summed E-state index contributed by atoms with van der Waals surface area (Å²) in [4.78, 5) is 0. The van der Waals surface area contributed by atoms with Gasteiger partial charge in [0.15, 0.2) is 0 Å². The first-order chi connectivity index (χ1) is 6.02. The molecule has 0 heterocycles. The quantitative estimate of drug-likeness (QED) is 0.670. The summed E-state index contributed by atoms with van der Waals surface area (Å²) < 4.78 is 0. The molecule has 0 amide bonds. The zero-order valence-electron chi connectivity index (χ0n) is 8.84. The van der Waals surface area contributed by atoms with Crippen LogP contribution in [0, 0.1) is 11.3 Å². The fraction of sp³-hybridized carbons (Fsp3) is 0.900. The molecule has 0 radical (unpaired) electrons. The second-order valence-electron chi connectivity index (χ2n) is 3.72. The van der Waals surface area contributed by atoms with Crippen LogP contribution in [0.1, 0.15) is 40.0 Å². The van der Waals surface area contributed by atoms with Crippen molar-refractivity contribution in [2.45, 2.75) is 50.8 Å². The minimum Gasteiger partial charge on any atom is -0.314 e. The topological polar surface area (TPSA) is 49.8 Å². The van der Waals surface area contributed by atoms with Crippen molar-refractivity contribution in [3.8, 4) is 6.07 Å². The van der Waals surface area contributed by atoms with E-state index in [-0.39, 0.29) is 0 Å². The zero-order chi connectivity index (χ0) is 10.3. The van der Waals surface area contributed by atoms with Crippen molar-refractivity contribution in [3.05, 3.63) is 0 Å². The SMILES string of the molecule is CCC(C)SCCCC(C)(N)C#N. The summed E-state index contributed by atoms with van der Waals surface area (Å²) in [5, 5.41) is 9.39. The van der Waals surface area contributed by atoms with E-state index < -0.39 is 5.54 Å². The van der Waals surface area contributed by atoms with Gasteiger partial charge < -0.3 is 5.73 Å². The molecule has 0 aromatic carbocycles. The van der Waals surface area contributed by atoms with Crippen LogP contribution < -0.4 is 5.73 Å². The molecule has 2 N–H and O–H groups in total. The summed E-state index contributed by atoms with van der Waals surface area (Å²) in [5.74, 6) is 1.11. The van der Waals surface area contributed by atoms with Gasteiger partial charge in [-0.1, -0.05) is 13.8 Å². The Labute approximate surface area is 85.9 Å². The van der Waals surface area contributed by atoms with Crippen molar-refractivity contribution >= 4 is 11.8 Å². The van der Waals surface area contributed by atoms with Crippen molar-refractivity contribution in [2.75, 3.05) is 5.75 Å². The normalized spacial score (nSPS) is 17.5.